The molecule has 0 fully saturated rings. The fourth-order valence-electron chi connectivity index (χ4n) is 57.4. The highest BCUT2D eigenvalue weighted by molar-refractivity contribution is 8.89. The summed E-state index contributed by atoms with van der Waals surface area (Å²) in [5, 5.41) is 0. The van der Waals surface area contributed by atoms with Crippen molar-refractivity contribution in [3.8, 4) is 0 Å². The SMILES string of the molecule is [SiH3][SiH2][Si]([SiH3])([SiH3])[Si]([Si]([SiH3])([SiH3])[SiH3])([Si]([SiH3])([SiH3])[SiH3])[Si]([Si]([Si]([Si]([SiH3])([SiH3])[SiH3])([Si]([SiH3])([SiH3])[SiH3])[Si]([SiH3])([SiH3])[SiH3])([Si]([Si]([SiH3])([SiH3])[SiH3])([Si]([SiH3])([SiH3])[SiH3])[Si]([SiH3])([SiH3])[SiH3])[Si]([Si]([SiH3])([SiH3])[SiH3])([Si]([SiH3])([SiH3])[SiH3])[Si]([SiH3])([SiH3])[SiH3])([Si]([Si]([Si]([SiH3])([SiH3])[SiH3])([Si]([SiH3])([SiH3])[SiH3])[Si]([SiH3])([SiH3])[SiH3])([Si]([Si]([SiH3])([SiH3])[SiH3])([Si]([SiH3])([SiH3])[SiH3])[Si]([SiH3])([SiH3])[SiH3])[Si]([Si]([SiH3])([SiH3])[SiH3])([Si]([SiH3])([SiH3])[SiH3])[Si]([SiH3])([SiH3])[SiH3])[Si]([Si]([Si]([SiH3])([SiH3])[SiH3])([Si]([SiH3])([SiH3])[SiH3])[Si]([SiH3])([SiH3])[SiH3])([Si]([Si]([SiH3])([SiH3])[SiH3])([Si]([SiH3])([SiH3])[SiH3])[Si]([SiH3])([SiH3])[SiH3])[Si]([Si]([SiH3])([SiH3])[SiH3])([Si]([SiH3])([SiH3])[SiH3])[Si]([SiH3])([SiH3])[SiH3]. The van der Waals surface area contributed by atoms with Crippen LogP contribution in [0.1, 0.15) is 0 Å². The third kappa shape index (κ3) is 24.2. The summed E-state index contributed by atoms with van der Waals surface area (Å²) in [5.74, 6) is 0. The van der Waals surface area contributed by atoms with Crippen LogP contribution in [0, 0.1) is 0 Å². The van der Waals surface area contributed by atoms with E-state index in [2.05, 4.69) is 878 Å². The summed E-state index contributed by atoms with van der Waals surface area (Å²) in [6.07, 6.45) is -63.4. The maximum Gasteiger partial charge on any atom is -0.0000446 e. The molecule has 0 saturated heterocycles. The first-order chi connectivity index (χ1) is 56.3. The fraction of sp³-hybridized carbons (Fsp3) is 0. The molecule has 0 N–H and O–H groups in total. The van der Waals surface area contributed by atoms with Gasteiger partial charge in [0.1, 0.15) is 0 Å². The number of hydrogen-bond donors (Lipinski definition) is 0. The van der Waals surface area contributed by atoms with Crippen LogP contribution in [-0.4, -0.2) is 1160 Å². The van der Waals surface area contributed by atoms with E-state index in [1.165, 1.54) is 0 Å². The summed E-state index contributed by atoms with van der Waals surface area (Å²) >= 11 is 0. The predicted molar refractivity (Wildman–Crippen MR) is 1160 cm³/mol. The zero-order chi connectivity index (χ0) is 113. The largest absolute Gasteiger partial charge is 0.0119 e. The van der Waals surface area contributed by atoms with Gasteiger partial charge in [0.15, 0.2) is 0 Å². The Bertz CT molecular complexity index is 2880. The van der Waals surface area contributed by atoms with E-state index in [0.29, 0.717) is 8.55 Å². The zero-order valence-electron chi connectivity index (χ0n) is 113. The minimum atomic E-state index is -2.16. The van der Waals surface area contributed by atoms with Crippen LogP contribution in [-0.2, 0) is 0 Å². The van der Waals surface area contributed by atoms with Gasteiger partial charge in [-0.15, -0.1) is 0 Å². The van der Waals surface area contributed by atoms with Gasteiger partial charge in [0, 0.05) is 0 Å². The van der Waals surface area contributed by atoms with Crippen LogP contribution in [0.3, 0.4) is 0 Å². The minimum absolute atomic E-state index is 0.323. The van der Waals surface area contributed by atoms with Crippen LogP contribution in [0.4, 0.5) is 0 Å². The van der Waals surface area contributed by atoms with Crippen molar-refractivity contribution in [2.24, 2.45) is 0 Å². The molecule has 0 saturated carbocycles. The van der Waals surface area contributed by atoms with Crippen molar-refractivity contribution >= 4 is 1160 Å². The van der Waals surface area contributed by atoms with Gasteiger partial charge in [0.05, 0.1) is 0 Å². The molecule has 0 aliphatic rings. The van der Waals surface area contributed by atoms with E-state index in [9.17, 15) is 0 Å². The smallest absolute Gasteiger partial charge is 0.0000446 e. The molecule has 0 radical (unpaired) electrons. The lowest BCUT2D eigenvalue weighted by Crippen LogP contribution is -3.44. The van der Waals surface area contributed by atoms with Crippen molar-refractivity contribution < 1.29 is 0 Å². The highest BCUT2D eigenvalue weighted by Gasteiger charge is 3.13. The van der Waals surface area contributed by atoms with Gasteiger partial charge in [0.25, 0.3) is 0 Å². The van der Waals surface area contributed by atoms with Gasteiger partial charge < -0.3 is 0 Å². The van der Waals surface area contributed by atoms with Crippen LogP contribution in [0.25, 0.3) is 0 Å². The van der Waals surface area contributed by atoms with E-state index in [1.807, 2.05) is 0 Å². The van der Waals surface area contributed by atoms with E-state index in [1.54, 1.807) is 0 Å². The Morgan fingerprint density at radius 1 is 0.0667 bits per heavy atom. The van der Waals surface area contributed by atoms with Gasteiger partial charge in [-0.25, -0.2) is 0 Å². The van der Waals surface area contributed by atoms with Crippen molar-refractivity contribution in [1.82, 2.24) is 0 Å². The second-order valence-corrected chi connectivity index (χ2v) is 2110. The molecule has 0 aromatic carbocycles. The molecule has 812 valence electrons. The second kappa shape index (κ2) is 49.7. The molecule has 0 nitrogen and oxygen atoms in total. The highest BCUT2D eigenvalue weighted by atomic mass is 31.2. The van der Waals surface area contributed by atoms with Crippen molar-refractivity contribution in [2.45, 2.75) is 0 Å². The highest BCUT2D eigenvalue weighted by Crippen LogP contribution is 2.75. The van der Waals surface area contributed by atoms with Crippen molar-refractivity contribution in [2.75, 3.05) is 0 Å². The van der Waals surface area contributed by atoms with E-state index >= 15 is 0 Å². The Hall–Kier alpha value is 29.3. The molecule has 0 heterocycles. The number of hydrogen-bond acceptors (Lipinski definition) is 0. The molecule has 0 unspecified atom stereocenters. The summed E-state index contributed by atoms with van der Waals surface area (Å²) in [7, 11) is 225. The summed E-state index contributed by atoms with van der Waals surface area (Å²) in [5.41, 5.74) is 0. The van der Waals surface area contributed by atoms with Crippen LogP contribution in [0.2, 0.25) is 0 Å². The normalized spacial score (nSPS) is 35.5. The van der Waals surface area contributed by atoms with Crippen LogP contribution in [0.15, 0.2) is 0 Å². The first-order valence-corrected chi connectivity index (χ1v) is 507. The maximum atomic E-state index is 2.60. The maximum absolute atomic E-state index is 2.60. The first-order valence-electron chi connectivity index (χ1n) is 56.3. The van der Waals surface area contributed by atoms with Crippen LogP contribution in [0.5, 0.6) is 0 Å². The monoisotopic (exact) mass is 4050 g/mol. The minimum Gasteiger partial charge on any atom is -0.0119 e. The third-order valence-electron chi connectivity index (χ3n) is 41.8. The molecule has 135 heavy (non-hydrogen) atoms. The van der Waals surface area contributed by atoms with Crippen LogP contribution >= 0.6 is 0 Å². The molecular formula is H272Si135. The fourth-order valence-corrected chi connectivity index (χ4v) is 13900. The average molecular weight is 4070 g/mol. The summed E-state index contributed by atoms with van der Waals surface area (Å²) < 4.78 is 0. The zero-order valence-corrected chi connectivity index (χ0v) is 338. The average Bonchev–Trinajstić information content (AvgIpc) is 0.555. The van der Waals surface area contributed by atoms with E-state index in [4.69, 9.17) is 0 Å². The summed E-state index contributed by atoms with van der Waals surface area (Å²) in [6, 6.07) is 0. The second-order valence-electron chi connectivity index (χ2n) is 78.0. The van der Waals surface area contributed by atoms with Gasteiger partial charge in [-0.2, -0.15) is 0 Å². The Balaban J connectivity index is 24.1. The Labute approximate surface area is 1130 Å². The molecular weight excluding hydrogens is 3790 g/mol. The topological polar surface area (TPSA) is 0 Å². The quantitative estimate of drug-likeness (QED) is 0.0534. The van der Waals surface area contributed by atoms with Gasteiger partial charge >= 0.3 is 0 Å². The summed E-state index contributed by atoms with van der Waals surface area (Å²) in [4.78, 5) is 0. The molecule has 0 atom stereocenters. The summed E-state index contributed by atoms with van der Waals surface area (Å²) in [6.45, 7) is 0. The van der Waals surface area contributed by atoms with E-state index < -0.39 is 270 Å². The molecule has 0 amide bonds. The first kappa shape index (κ1) is 164. The lowest BCUT2D eigenvalue weighted by atomic mass is 25.0. The molecule has 0 aromatic rings. The van der Waals surface area contributed by atoms with Gasteiger partial charge in [-0.1, -0.05) is 0 Å². The van der Waals surface area contributed by atoms with E-state index in [-0.39, 0.29) is 0 Å². The van der Waals surface area contributed by atoms with Crippen molar-refractivity contribution in [3.05, 3.63) is 0 Å². The molecule has 0 rings (SSSR count). The van der Waals surface area contributed by atoms with Gasteiger partial charge in [-0.05, 0) is 1160 Å². The molecule has 0 aromatic heterocycles. The van der Waals surface area contributed by atoms with E-state index in [0.717, 1.165) is 0 Å². The number of rotatable bonds is 44. The molecule has 0 aliphatic carbocycles. The molecule has 0 spiro atoms. The van der Waals surface area contributed by atoms with Crippen molar-refractivity contribution in [1.29, 1.82) is 0 Å². The Morgan fingerprint density at radius 3 is 0.148 bits per heavy atom. The molecule has 0 aliphatic heterocycles. The Kier molecular flexibility index (Phi) is 60.4. The Morgan fingerprint density at radius 2 is 0.111 bits per heavy atom. The predicted octanol–water partition coefficient (Wildman–Crippen LogP) is -124. The lowest BCUT2D eigenvalue weighted by molar-refractivity contribution is 2.69. The molecule has 135 heteroatoms. The van der Waals surface area contributed by atoms with Crippen LogP contribution < -0.4 is 0 Å². The van der Waals surface area contributed by atoms with Crippen molar-refractivity contribution in [3.63, 3.8) is 0 Å². The molecule has 0 bridgehead atoms. The third-order valence-corrected chi connectivity index (χ3v) is 3390. The van der Waals surface area contributed by atoms with Gasteiger partial charge in [0.2, 0.25) is 0 Å². The standard InChI is InChI=1S/H272Si135/c1-91-121(89,90)131(119(83,84)85,120(86,87)88)135(132(122(92(2,3)4,93(5,6)7)94(8,9)10,123(95(11,12)13,96(14,15)16)97(17,18)19)124(98(20,21)22,99(23,24)25)100(26,27)28,133(125(101(29,30)31,102(32,33)34)103(35,36)37,126(104(38,39)40,105(41,42)43)106(44,45)46)127(107(47,48)49,108(50,51)52)109(53,54)55)134(128(110(56,57)58,111(59,60)61)112(62,63)64,129(113(65,66)67,114(68,69)70)115(71,72)73)130(116(74,75)76,117(77,78)79)118(80,81)82/h91H2,1-90H3. The lowest BCUT2D eigenvalue weighted by Gasteiger charge is -3.07. The van der Waals surface area contributed by atoms with Gasteiger partial charge in [-0.3, -0.25) is 0 Å².